The fourth-order valence-corrected chi connectivity index (χ4v) is 4.07. The van der Waals surface area contributed by atoms with E-state index in [9.17, 15) is 4.79 Å². The van der Waals surface area contributed by atoms with E-state index >= 15 is 0 Å². The van der Waals surface area contributed by atoms with E-state index < -0.39 is 0 Å². The number of aromatic nitrogens is 1. The van der Waals surface area contributed by atoms with Gasteiger partial charge in [-0.05, 0) is 32.4 Å². The van der Waals surface area contributed by atoms with Gasteiger partial charge in [-0.2, -0.15) is 0 Å². The maximum absolute atomic E-state index is 13.2. The maximum Gasteiger partial charge on any atom is 0.257 e. The lowest BCUT2D eigenvalue weighted by molar-refractivity contribution is 0.0768. The van der Waals surface area contributed by atoms with Gasteiger partial charge in [-0.1, -0.05) is 17.3 Å². The Morgan fingerprint density at radius 2 is 2.04 bits per heavy atom. The molecular formula is C21H28N4O3. The lowest BCUT2D eigenvalue weighted by Crippen LogP contribution is -2.49. The van der Waals surface area contributed by atoms with E-state index in [1.807, 2.05) is 43.0 Å². The molecule has 4 rings (SSSR count). The van der Waals surface area contributed by atoms with Crippen LogP contribution in [0.25, 0.3) is 0 Å². The highest BCUT2D eigenvalue weighted by atomic mass is 16.5. The van der Waals surface area contributed by atoms with Gasteiger partial charge in [0.15, 0.2) is 0 Å². The second-order valence-corrected chi connectivity index (χ2v) is 7.57. The van der Waals surface area contributed by atoms with Gasteiger partial charge >= 0.3 is 0 Å². The summed E-state index contributed by atoms with van der Waals surface area (Å²) in [4.78, 5) is 17.6. The van der Waals surface area contributed by atoms with Crippen molar-refractivity contribution >= 4 is 5.91 Å². The van der Waals surface area contributed by atoms with Gasteiger partial charge in [0, 0.05) is 45.3 Å². The van der Waals surface area contributed by atoms with E-state index in [0.717, 1.165) is 62.7 Å². The van der Waals surface area contributed by atoms with E-state index in [1.165, 1.54) is 0 Å². The third-order valence-electron chi connectivity index (χ3n) is 5.79. The second kappa shape index (κ2) is 8.32. The Kier molecular flexibility index (Phi) is 5.64. The Hall–Kier alpha value is -2.38. The molecule has 0 saturated carbocycles. The molecule has 2 saturated heterocycles. The highest BCUT2D eigenvalue weighted by Crippen LogP contribution is 2.25. The normalized spacial score (nSPS) is 20.5. The average Bonchev–Trinajstić information content (AvgIpc) is 3.34. The number of nitrogens with zero attached hydrogens (tertiary/aromatic N) is 3. The molecule has 7 heteroatoms. The zero-order valence-electron chi connectivity index (χ0n) is 16.6. The summed E-state index contributed by atoms with van der Waals surface area (Å²) < 4.78 is 11.2. The number of carbonyl (C=O) groups is 1. The summed E-state index contributed by atoms with van der Waals surface area (Å²) in [7, 11) is 0. The summed E-state index contributed by atoms with van der Waals surface area (Å²) in [5.41, 5.74) is 2.37. The van der Waals surface area contributed by atoms with Gasteiger partial charge in [-0.3, -0.25) is 9.69 Å². The van der Waals surface area contributed by atoms with Gasteiger partial charge in [-0.15, -0.1) is 0 Å². The molecule has 0 radical (unpaired) electrons. The minimum atomic E-state index is 0.0481. The summed E-state index contributed by atoms with van der Waals surface area (Å²) in [6, 6.07) is 7.95. The molecule has 150 valence electrons. The van der Waals surface area contributed by atoms with Crippen LogP contribution in [0.15, 0.2) is 28.8 Å². The van der Waals surface area contributed by atoms with E-state index in [2.05, 4.69) is 15.4 Å². The topological polar surface area (TPSA) is 70.8 Å². The van der Waals surface area contributed by atoms with Gasteiger partial charge < -0.3 is 19.5 Å². The van der Waals surface area contributed by atoms with E-state index in [1.54, 1.807) is 0 Å². The predicted octanol–water partition coefficient (Wildman–Crippen LogP) is 1.99. The van der Waals surface area contributed by atoms with E-state index in [4.69, 9.17) is 9.26 Å². The molecule has 7 nitrogen and oxygen atoms in total. The number of para-hydroxylation sites is 1. The van der Waals surface area contributed by atoms with Crippen LogP contribution in [0.2, 0.25) is 0 Å². The molecule has 1 N–H and O–H groups in total. The van der Waals surface area contributed by atoms with Crippen molar-refractivity contribution in [3.8, 4) is 5.75 Å². The number of benzene rings is 1. The second-order valence-electron chi connectivity index (χ2n) is 7.57. The Labute approximate surface area is 165 Å². The van der Waals surface area contributed by atoms with Crippen molar-refractivity contribution in [1.82, 2.24) is 20.3 Å². The first-order chi connectivity index (χ1) is 13.6. The highest BCUT2D eigenvalue weighted by Gasteiger charge is 2.32. The Balaban J connectivity index is 1.43. The first-order valence-corrected chi connectivity index (χ1v) is 10.0. The molecule has 2 aliphatic heterocycles. The molecule has 1 amide bonds. The van der Waals surface area contributed by atoms with Crippen molar-refractivity contribution < 1.29 is 14.1 Å². The number of ether oxygens (including phenoxy) is 1. The Bertz CT molecular complexity index is 809. The van der Waals surface area contributed by atoms with Crippen LogP contribution in [-0.4, -0.2) is 66.2 Å². The molecule has 2 aromatic rings. The number of aryl methyl sites for hydroxylation is 2. The van der Waals surface area contributed by atoms with Crippen molar-refractivity contribution in [3.63, 3.8) is 0 Å². The van der Waals surface area contributed by atoms with Crippen LogP contribution in [0.4, 0.5) is 0 Å². The third kappa shape index (κ3) is 3.91. The van der Waals surface area contributed by atoms with Crippen LogP contribution in [0, 0.1) is 13.8 Å². The zero-order valence-corrected chi connectivity index (χ0v) is 16.6. The molecule has 0 bridgehead atoms. The molecule has 1 atom stereocenters. The lowest BCUT2D eigenvalue weighted by atomic mass is 10.1. The highest BCUT2D eigenvalue weighted by molar-refractivity contribution is 5.97. The molecule has 2 aliphatic rings. The smallest absolute Gasteiger partial charge is 0.257 e. The standard InChI is InChI=1S/C21H28N4O3/c1-15-19(16(2)28-23-15)14-27-20-6-4-3-5-18(20)21(26)25-10-7-17(13-25)24-11-8-22-9-12-24/h3-6,17,22H,7-14H2,1-2H3. The SMILES string of the molecule is Cc1noc(C)c1COc1ccccc1C(=O)N1CCC(N2CCNCC2)C1. The van der Waals surface area contributed by atoms with Gasteiger partial charge in [0.25, 0.3) is 5.91 Å². The van der Waals surface area contributed by atoms with Crippen LogP contribution in [-0.2, 0) is 6.61 Å². The maximum atomic E-state index is 13.2. The largest absolute Gasteiger partial charge is 0.488 e. The van der Waals surface area contributed by atoms with Crippen molar-refractivity contribution in [2.24, 2.45) is 0 Å². The van der Waals surface area contributed by atoms with Crippen LogP contribution in [0.1, 0.15) is 33.8 Å². The van der Waals surface area contributed by atoms with Gasteiger partial charge in [0.2, 0.25) is 0 Å². The molecule has 2 fully saturated rings. The first kappa shape index (κ1) is 19.0. The summed E-state index contributed by atoms with van der Waals surface area (Å²) in [6.45, 7) is 9.87. The van der Waals surface area contributed by atoms with E-state index in [-0.39, 0.29) is 5.91 Å². The summed E-state index contributed by atoms with van der Waals surface area (Å²) in [5.74, 6) is 1.41. The van der Waals surface area contributed by atoms with Crippen LogP contribution < -0.4 is 10.1 Å². The number of rotatable bonds is 5. The summed E-state index contributed by atoms with van der Waals surface area (Å²) in [5, 5.41) is 7.35. The molecule has 0 spiro atoms. The summed E-state index contributed by atoms with van der Waals surface area (Å²) in [6.07, 6.45) is 1.04. The molecule has 1 aromatic carbocycles. The first-order valence-electron chi connectivity index (χ1n) is 10.0. The van der Waals surface area contributed by atoms with Crippen LogP contribution >= 0.6 is 0 Å². The fraction of sp³-hybridized carbons (Fsp3) is 0.524. The molecule has 28 heavy (non-hydrogen) atoms. The monoisotopic (exact) mass is 384 g/mol. The fourth-order valence-electron chi connectivity index (χ4n) is 4.07. The van der Waals surface area contributed by atoms with Crippen molar-refractivity contribution in [2.75, 3.05) is 39.3 Å². The minimum Gasteiger partial charge on any atom is -0.488 e. The predicted molar refractivity (Wildman–Crippen MR) is 106 cm³/mol. The van der Waals surface area contributed by atoms with Crippen LogP contribution in [0.5, 0.6) is 5.75 Å². The van der Waals surface area contributed by atoms with Crippen molar-refractivity contribution in [2.45, 2.75) is 32.9 Å². The number of hydrogen-bond acceptors (Lipinski definition) is 6. The number of piperazine rings is 1. The molecule has 1 aromatic heterocycles. The summed E-state index contributed by atoms with van der Waals surface area (Å²) >= 11 is 0. The van der Waals surface area contributed by atoms with Crippen molar-refractivity contribution in [3.05, 3.63) is 46.8 Å². The van der Waals surface area contributed by atoms with Crippen LogP contribution in [0.3, 0.4) is 0 Å². The number of amides is 1. The third-order valence-corrected chi connectivity index (χ3v) is 5.79. The number of carbonyl (C=O) groups excluding carboxylic acids is 1. The zero-order chi connectivity index (χ0) is 19.5. The average molecular weight is 384 g/mol. The molecule has 0 aliphatic carbocycles. The van der Waals surface area contributed by atoms with E-state index in [0.29, 0.717) is 24.0 Å². The quantitative estimate of drug-likeness (QED) is 0.850. The van der Waals surface area contributed by atoms with Gasteiger partial charge in [0.1, 0.15) is 18.1 Å². The molecular weight excluding hydrogens is 356 g/mol. The lowest BCUT2D eigenvalue weighted by Gasteiger charge is -2.32. The molecule has 3 heterocycles. The van der Waals surface area contributed by atoms with Crippen molar-refractivity contribution in [1.29, 1.82) is 0 Å². The Morgan fingerprint density at radius 3 is 2.79 bits per heavy atom. The molecule has 1 unspecified atom stereocenters. The van der Waals surface area contributed by atoms with Gasteiger partial charge in [0.05, 0.1) is 16.8 Å². The number of nitrogens with one attached hydrogen (secondary N) is 1. The van der Waals surface area contributed by atoms with Gasteiger partial charge in [-0.25, -0.2) is 0 Å². The Morgan fingerprint density at radius 1 is 1.25 bits per heavy atom. The minimum absolute atomic E-state index is 0.0481. The number of hydrogen-bond donors (Lipinski definition) is 1. The number of likely N-dealkylation sites (tertiary alicyclic amines) is 1.